The van der Waals surface area contributed by atoms with Gasteiger partial charge in [0.2, 0.25) is 5.91 Å². The number of hydrogen-bond donors (Lipinski definition) is 6. The van der Waals surface area contributed by atoms with E-state index in [1.807, 2.05) is 37.4 Å². The Balaban J connectivity index is 1.21. The third-order valence-corrected chi connectivity index (χ3v) is 20.6. The maximum absolute atomic E-state index is 12.4. The minimum atomic E-state index is -2.18. The molecule has 0 radical (unpaired) electrons. The Bertz CT molecular complexity index is 4000. The molecule has 87 heavy (non-hydrogen) atoms. The van der Waals surface area contributed by atoms with E-state index in [-0.39, 0.29) is 11.7 Å². The molecule has 1 amide bonds. The van der Waals surface area contributed by atoms with Crippen LogP contribution in [-0.4, -0.2) is 117 Å². The van der Waals surface area contributed by atoms with Crippen molar-refractivity contribution in [3.8, 4) is 11.1 Å². The summed E-state index contributed by atoms with van der Waals surface area (Å²) < 4.78 is 12.4. The molecule has 8 aromatic rings. The van der Waals surface area contributed by atoms with Gasteiger partial charge in [-0.2, -0.15) is 0 Å². The summed E-state index contributed by atoms with van der Waals surface area (Å²) in [5.74, 6) is -0.199. The van der Waals surface area contributed by atoms with Crippen LogP contribution in [-0.2, 0) is 45.2 Å². The van der Waals surface area contributed by atoms with Crippen LogP contribution in [0.5, 0.6) is 0 Å². The standard InChI is InChI=1S/C72H82B2N4O8Si/c1-10-51-26-30-60-69(40-51)87(8,9)70-43-56(75-7)29-32-61(70)71(60)62-41-52(27-25-50(62)6)53-28-31-59-63(42-53)65(47-78(34-38-85-36-17-24-68(79)48(2)3)45-55-19-12-16-23-67(55)74(83)84)58-21-14-13-20-57(58)64(59)46-77(35-39-86-37-33-76-72(80)49(4)5)44-54-18-11-15-22-66(54)73(81)82/h10-16,18-23,25-32,40-43,75,81-84H,2,4,17,24,33-39,44-47H2,1,3,5-9H3,(H,76,80)/b51-10+. The topological polar surface area (TPSA) is 164 Å². The van der Waals surface area contributed by atoms with Crippen LogP contribution in [0.15, 0.2) is 170 Å². The Morgan fingerprint density at radius 3 is 1.78 bits per heavy atom. The minimum Gasteiger partial charge on any atom is -0.423 e. The van der Waals surface area contributed by atoms with Crippen molar-refractivity contribution in [2.75, 3.05) is 58.4 Å². The Hall–Kier alpha value is -7.53. The van der Waals surface area contributed by atoms with Crippen molar-refractivity contribution in [2.45, 2.75) is 79.8 Å². The first-order valence-electron chi connectivity index (χ1n) is 30.2. The average Bonchev–Trinajstić information content (AvgIpc) is 0.818. The van der Waals surface area contributed by atoms with Gasteiger partial charge in [0.25, 0.3) is 0 Å². The van der Waals surface area contributed by atoms with Crippen LogP contribution in [0.3, 0.4) is 0 Å². The first-order chi connectivity index (χ1) is 41.9. The second kappa shape index (κ2) is 29.0. The summed E-state index contributed by atoms with van der Waals surface area (Å²) in [6.07, 6.45) is 3.12. The van der Waals surface area contributed by atoms with Gasteiger partial charge in [0.15, 0.2) is 5.78 Å². The molecule has 448 valence electrons. The number of nitrogens with zero attached hydrogens (tertiary/aromatic N) is 2. The van der Waals surface area contributed by atoms with Crippen LogP contribution >= 0.6 is 0 Å². The molecule has 0 saturated heterocycles. The van der Waals surface area contributed by atoms with E-state index in [9.17, 15) is 29.7 Å². The molecule has 0 atom stereocenters. The quantitative estimate of drug-likeness (QED) is 0.0127. The van der Waals surface area contributed by atoms with Crippen molar-refractivity contribution in [1.82, 2.24) is 15.1 Å². The van der Waals surface area contributed by atoms with Crippen molar-refractivity contribution in [2.24, 2.45) is 0 Å². The van der Waals surface area contributed by atoms with Crippen molar-refractivity contribution in [3.05, 3.63) is 219 Å². The summed E-state index contributed by atoms with van der Waals surface area (Å²) in [6, 6.07) is 50.8. The number of nitrogens with one attached hydrogen (secondary N) is 2. The number of rotatable bonds is 28. The first kappa shape index (κ1) is 64.0. The van der Waals surface area contributed by atoms with Gasteiger partial charge in [0.1, 0.15) is 8.07 Å². The van der Waals surface area contributed by atoms with Crippen LogP contribution in [0.1, 0.15) is 72.6 Å². The van der Waals surface area contributed by atoms with Crippen LogP contribution in [0.25, 0.3) is 44.3 Å². The van der Waals surface area contributed by atoms with Gasteiger partial charge in [-0.15, -0.1) is 0 Å². The van der Waals surface area contributed by atoms with E-state index in [2.05, 4.69) is 164 Å². The summed E-state index contributed by atoms with van der Waals surface area (Å²) in [5, 5.41) is 58.3. The first-order valence-corrected chi connectivity index (χ1v) is 33.2. The third kappa shape index (κ3) is 14.9. The number of anilines is 1. The van der Waals surface area contributed by atoms with Gasteiger partial charge in [-0.3, -0.25) is 19.4 Å². The zero-order valence-electron chi connectivity index (χ0n) is 51.5. The highest BCUT2D eigenvalue weighted by Gasteiger charge is 2.36. The Kier molecular flexibility index (Phi) is 21.3. The van der Waals surface area contributed by atoms with Crippen LogP contribution in [0.4, 0.5) is 5.69 Å². The third-order valence-electron chi connectivity index (χ3n) is 17.1. The smallest absolute Gasteiger partial charge is 0.423 e. The van der Waals surface area contributed by atoms with Crippen LogP contribution in [0.2, 0.25) is 13.1 Å². The number of hydrogen-bond acceptors (Lipinski definition) is 11. The van der Waals surface area contributed by atoms with E-state index in [0.717, 1.165) is 60.6 Å². The number of benzene rings is 8. The van der Waals surface area contributed by atoms with E-state index in [4.69, 9.17) is 9.47 Å². The number of ether oxygens (including phenoxy) is 2. The van der Waals surface area contributed by atoms with Crippen LogP contribution < -0.4 is 42.4 Å². The van der Waals surface area contributed by atoms with Gasteiger partial charge in [0.05, 0.1) is 19.8 Å². The van der Waals surface area contributed by atoms with E-state index in [1.54, 1.807) is 32.0 Å². The summed E-state index contributed by atoms with van der Waals surface area (Å²) in [7, 11) is -3.53. The van der Waals surface area contributed by atoms with Crippen molar-refractivity contribution >= 4 is 94.2 Å². The van der Waals surface area contributed by atoms with E-state index in [0.29, 0.717) is 107 Å². The molecule has 1 aliphatic rings. The summed E-state index contributed by atoms with van der Waals surface area (Å²) in [6.45, 7) is 24.6. The summed E-state index contributed by atoms with van der Waals surface area (Å²) >= 11 is 0. The molecule has 1 heterocycles. The molecule has 1 aliphatic heterocycles. The minimum absolute atomic E-state index is 0.0240. The average molecular weight is 1180 g/mol. The summed E-state index contributed by atoms with van der Waals surface area (Å²) in [5.41, 5.74) is 13.6. The van der Waals surface area contributed by atoms with Crippen molar-refractivity contribution in [3.63, 3.8) is 0 Å². The lowest BCUT2D eigenvalue weighted by Gasteiger charge is -2.34. The highest BCUT2D eigenvalue weighted by Crippen LogP contribution is 2.39. The maximum atomic E-state index is 12.4. The van der Waals surface area contributed by atoms with E-state index >= 15 is 0 Å². The highest BCUT2D eigenvalue weighted by molar-refractivity contribution is 7.01. The number of allylic oxidation sites excluding steroid dienone is 1. The lowest BCUT2D eigenvalue weighted by atomic mass is 9.77. The fourth-order valence-corrected chi connectivity index (χ4v) is 15.3. The van der Waals surface area contributed by atoms with Gasteiger partial charge < -0.3 is 40.2 Å². The van der Waals surface area contributed by atoms with Gasteiger partial charge in [-0.25, -0.2) is 0 Å². The molecule has 8 aromatic carbocycles. The molecule has 0 aromatic heterocycles. The zero-order chi connectivity index (χ0) is 61.9. The highest BCUT2D eigenvalue weighted by atomic mass is 28.3. The Morgan fingerprint density at radius 2 is 1.18 bits per heavy atom. The largest absolute Gasteiger partial charge is 0.488 e. The number of amides is 1. The Morgan fingerprint density at radius 1 is 0.609 bits per heavy atom. The molecular weight excluding hydrogens is 1100 g/mol. The predicted molar refractivity (Wildman–Crippen MR) is 361 cm³/mol. The molecular formula is C72H82B2N4O8Si. The number of carbonyl (C=O) groups excluding carboxylic acids is 2. The number of aryl methyl sites for hydroxylation is 1. The van der Waals surface area contributed by atoms with Crippen molar-refractivity contribution < 1.29 is 39.2 Å². The number of fused-ring (bicyclic) bond motifs is 4. The molecule has 15 heteroatoms. The molecule has 9 rings (SSSR count). The Labute approximate surface area is 514 Å². The molecule has 6 N–H and O–H groups in total. The lowest BCUT2D eigenvalue weighted by molar-refractivity contribution is -0.117. The summed E-state index contributed by atoms with van der Waals surface area (Å²) in [4.78, 5) is 29.3. The zero-order valence-corrected chi connectivity index (χ0v) is 52.5. The molecule has 12 nitrogen and oxygen atoms in total. The van der Waals surface area contributed by atoms with Crippen molar-refractivity contribution in [1.29, 1.82) is 0 Å². The van der Waals surface area contributed by atoms with E-state index in [1.165, 1.54) is 43.1 Å². The maximum Gasteiger partial charge on any atom is 0.488 e. The molecule has 0 saturated carbocycles. The number of carbonyl (C=O) groups is 2. The fraction of sp³-hybridized carbons (Fsp3) is 0.278. The molecule has 0 bridgehead atoms. The predicted octanol–water partition coefficient (Wildman–Crippen LogP) is 7.21. The molecule has 0 spiro atoms. The second-order valence-electron chi connectivity index (χ2n) is 23.5. The lowest BCUT2D eigenvalue weighted by Crippen LogP contribution is -2.63. The van der Waals surface area contributed by atoms with Gasteiger partial charge >= 0.3 is 14.2 Å². The van der Waals surface area contributed by atoms with Gasteiger partial charge in [-0.1, -0.05) is 154 Å². The number of ketones is 1. The molecule has 0 fully saturated rings. The second-order valence-corrected chi connectivity index (χ2v) is 27.9. The molecule has 0 unspecified atom stereocenters. The van der Waals surface area contributed by atoms with Gasteiger partial charge in [-0.05, 0) is 173 Å². The van der Waals surface area contributed by atoms with E-state index < -0.39 is 22.3 Å². The number of Topliss-reactive ketones (excluding diaryl/α,β-unsaturated/α-hetero) is 1. The normalized spacial score (nSPS) is 12.8. The fourth-order valence-electron chi connectivity index (χ4n) is 12.2. The monoisotopic (exact) mass is 1180 g/mol. The molecule has 0 aliphatic carbocycles. The van der Waals surface area contributed by atoms with Crippen LogP contribution in [0, 0.1) is 6.92 Å². The van der Waals surface area contributed by atoms with Gasteiger partial charge in [0, 0.05) is 77.1 Å². The SMILES string of the molecule is C=C(C)C(=O)CCCOCCN(Cc1ccccc1B(O)O)Cc1c2ccccc2c(CN(CCOCCNC(=O)C(=C)C)Cc2ccccc2B(O)O)c2ccc(-c3ccc(C)c(C4=c5cc/c(=C\C)cc5[Si](C)(C)c5cc(NC)ccc54)c3)cc12.